The highest BCUT2D eigenvalue weighted by Crippen LogP contribution is 2.70. The van der Waals surface area contributed by atoms with Gasteiger partial charge < -0.3 is 50.0 Å². The fourth-order valence-corrected chi connectivity index (χ4v) is 10.2. The molecule has 0 aromatic heterocycles. The quantitative estimate of drug-likeness (QED) is 0.161. The monoisotopic (exact) mass is 650 g/mol. The van der Waals surface area contributed by atoms with Crippen LogP contribution >= 0.6 is 0 Å². The van der Waals surface area contributed by atoms with E-state index in [1.807, 2.05) is 26.8 Å². The number of aliphatic hydroxyl groups is 7. The Bertz CT molecular complexity index is 1340. The second kappa shape index (κ2) is 11.1. The maximum Gasteiger partial charge on any atom is 0.334 e. The second-order valence-electron chi connectivity index (χ2n) is 15.5. The van der Waals surface area contributed by atoms with Crippen molar-refractivity contribution in [2.75, 3.05) is 6.61 Å². The largest absolute Gasteiger partial charge is 0.455 e. The standard InChI is InChI=1S/C34H50O12/c1-16-12-24(46-28(40)17(16)2)32(5,41)34(43)11-10-33(42)21-7-6-18-13-19(44-29-27(39)26(38)25(37)22(15-35)45-29)14-23(36)31(18,4)20(21)8-9-30(33,34)3/h6,19-22,24-27,29,35,37-39,41-43H,7-15H2,1-5H3/t19-,20-,21+,22+,24-,25+,26-,27+,29+,30-,31-,32-,33+,34-/m0/s1. The Labute approximate surface area is 269 Å². The van der Waals surface area contributed by atoms with Crippen LogP contribution in [0.1, 0.15) is 86.0 Å². The molecule has 6 aliphatic rings. The highest BCUT2D eigenvalue weighted by atomic mass is 16.7. The molecule has 0 bridgehead atoms. The minimum absolute atomic E-state index is 0.000240. The van der Waals surface area contributed by atoms with Crippen molar-refractivity contribution in [3.63, 3.8) is 0 Å². The summed E-state index contributed by atoms with van der Waals surface area (Å²) in [6.07, 6.45) is -4.59. The molecule has 12 heteroatoms. The summed E-state index contributed by atoms with van der Waals surface area (Å²) in [4.78, 5) is 26.6. The number of hydrogen-bond acceptors (Lipinski definition) is 12. The molecule has 2 aliphatic heterocycles. The van der Waals surface area contributed by atoms with Crippen LogP contribution in [-0.2, 0) is 23.8 Å². The van der Waals surface area contributed by atoms with Gasteiger partial charge in [0.05, 0.1) is 23.7 Å². The van der Waals surface area contributed by atoms with Crippen molar-refractivity contribution in [3.05, 3.63) is 22.8 Å². The van der Waals surface area contributed by atoms with E-state index in [0.717, 1.165) is 11.1 Å². The lowest BCUT2D eigenvalue weighted by Crippen LogP contribution is -2.72. The van der Waals surface area contributed by atoms with Gasteiger partial charge in [-0.3, -0.25) is 4.79 Å². The molecule has 0 spiro atoms. The summed E-state index contributed by atoms with van der Waals surface area (Å²) in [5.74, 6) is -1.23. The van der Waals surface area contributed by atoms with E-state index in [0.29, 0.717) is 31.3 Å². The molecule has 2 heterocycles. The van der Waals surface area contributed by atoms with Crippen molar-refractivity contribution in [1.29, 1.82) is 0 Å². The number of carbonyl (C=O) groups is 2. The lowest BCUT2D eigenvalue weighted by molar-refractivity contribution is -0.312. The number of cyclic esters (lactones) is 1. The Morgan fingerprint density at radius 3 is 2.33 bits per heavy atom. The summed E-state index contributed by atoms with van der Waals surface area (Å²) in [7, 11) is 0. The predicted molar refractivity (Wildman–Crippen MR) is 161 cm³/mol. The van der Waals surface area contributed by atoms with Crippen LogP contribution in [-0.4, -0.2) is 114 Å². The first-order valence-corrected chi connectivity index (χ1v) is 16.6. The van der Waals surface area contributed by atoms with Crippen LogP contribution in [0.15, 0.2) is 22.8 Å². The van der Waals surface area contributed by atoms with Gasteiger partial charge in [0, 0.05) is 23.8 Å². The molecule has 7 N–H and O–H groups in total. The van der Waals surface area contributed by atoms with Crippen molar-refractivity contribution in [2.45, 2.75) is 146 Å². The molecule has 4 aliphatic carbocycles. The van der Waals surface area contributed by atoms with E-state index in [2.05, 4.69) is 0 Å². The van der Waals surface area contributed by atoms with E-state index in [1.54, 1.807) is 6.92 Å². The van der Waals surface area contributed by atoms with Crippen molar-refractivity contribution >= 4 is 11.8 Å². The molecule has 0 aromatic carbocycles. The lowest BCUT2D eigenvalue weighted by atomic mass is 9.44. The summed E-state index contributed by atoms with van der Waals surface area (Å²) in [6.45, 7) is 8.13. The number of hydrogen-bond donors (Lipinski definition) is 7. The molecule has 1 saturated heterocycles. The normalized spacial score (nSPS) is 50.6. The van der Waals surface area contributed by atoms with Crippen molar-refractivity contribution in [1.82, 2.24) is 0 Å². The molecule has 6 rings (SSSR count). The van der Waals surface area contributed by atoms with E-state index in [1.165, 1.54) is 6.92 Å². The molecule has 3 saturated carbocycles. The topological polar surface area (TPSA) is 203 Å². The Kier molecular flexibility index (Phi) is 8.27. The van der Waals surface area contributed by atoms with Crippen LogP contribution in [0, 0.1) is 22.7 Å². The van der Waals surface area contributed by atoms with Crippen LogP contribution in [0.5, 0.6) is 0 Å². The Hall–Kier alpha value is -1.74. The minimum atomic E-state index is -1.86. The zero-order valence-corrected chi connectivity index (χ0v) is 27.3. The maximum absolute atomic E-state index is 14.1. The van der Waals surface area contributed by atoms with Crippen molar-refractivity contribution in [3.8, 4) is 0 Å². The van der Waals surface area contributed by atoms with Gasteiger partial charge in [-0.05, 0) is 78.1 Å². The number of aliphatic hydroxyl groups excluding tert-OH is 4. The number of carbonyl (C=O) groups excluding carboxylic acids is 2. The third-order valence-corrected chi connectivity index (χ3v) is 13.6. The number of Topliss-reactive ketones (excluding diaryl/α,β-unsaturated/α-hetero) is 1. The Balaban J connectivity index is 1.25. The van der Waals surface area contributed by atoms with E-state index >= 15 is 0 Å². The van der Waals surface area contributed by atoms with E-state index < -0.39 is 83.1 Å². The number of ketones is 1. The average molecular weight is 651 g/mol. The SMILES string of the molecule is CC1=C(C)C(=O)O[C@H]([C@](C)(O)[C@]2(O)CC[C@@]3(O)[C@@H]4CC=C5C[C@H](O[C@@H]6O[C@H](CO)[C@@H](O)[C@H](O)[C@H]6O)CC(=O)[C@]5(C)[C@H]4CC[C@]23C)C1. The summed E-state index contributed by atoms with van der Waals surface area (Å²) in [6, 6.07) is 0. The van der Waals surface area contributed by atoms with Gasteiger partial charge in [0.25, 0.3) is 0 Å². The van der Waals surface area contributed by atoms with E-state index in [9.17, 15) is 45.3 Å². The van der Waals surface area contributed by atoms with E-state index in [4.69, 9.17) is 14.2 Å². The van der Waals surface area contributed by atoms with Gasteiger partial charge in [-0.2, -0.15) is 0 Å². The van der Waals surface area contributed by atoms with Gasteiger partial charge in [0.1, 0.15) is 47.5 Å². The molecule has 258 valence electrons. The number of allylic oxidation sites excluding steroid dienone is 1. The summed E-state index contributed by atoms with van der Waals surface area (Å²) in [5.41, 5.74) is -4.97. The molecule has 0 amide bonds. The first kappa shape index (κ1) is 34.1. The van der Waals surface area contributed by atoms with Crippen LogP contribution in [0.3, 0.4) is 0 Å². The van der Waals surface area contributed by atoms with Crippen LogP contribution in [0.25, 0.3) is 0 Å². The van der Waals surface area contributed by atoms with Crippen molar-refractivity contribution in [2.24, 2.45) is 22.7 Å². The minimum Gasteiger partial charge on any atom is -0.455 e. The van der Waals surface area contributed by atoms with Gasteiger partial charge in [0.15, 0.2) is 6.29 Å². The third-order valence-electron chi connectivity index (χ3n) is 13.6. The highest BCUT2D eigenvalue weighted by molar-refractivity contribution is 5.90. The van der Waals surface area contributed by atoms with E-state index in [-0.39, 0.29) is 43.3 Å². The molecule has 0 radical (unpaired) electrons. The number of esters is 1. The molecule has 46 heavy (non-hydrogen) atoms. The molecule has 12 nitrogen and oxygen atoms in total. The predicted octanol–water partition coefficient (Wildman–Crippen LogP) is 0.562. The first-order valence-electron chi connectivity index (χ1n) is 16.6. The highest BCUT2D eigenvalue weighted by Gasteiger charge is 2.76. The van der Waals surface area contributed by atoms with Crippen LogP contribution in [0.4, 0.5) is 0 Å². The fourth-order valence-electron chi connectivity index (χ4n) is 10.2. The summed E-state index contributed by atoms with van der Waals surface area (Å²) in [5, 5.41) is 77.5. The molecular weight excluding hydrogens is 600 g/mol. The smallest absolute Gasteiger partial charge is 0.334 e. The first-order chi connectivity index (χ1) is 21.4. The van der Waals surface area contributed by atoms with Crippen molar-refractivity contribution < 1.29 is 59.5 Å². The molecule has 0 unspecified atom stereocenters. The fraction of sp³-hybridized carbons (Fsp3) is 0.824. The van der Waals surface area contributed by atoms with Crippen LogP contribution in [0.2, 0.25) is 0 Å². The molecule has 4 fully saturated rings. The molecule has 0 aromatic rings. The molecular formula is C34H50O12. The number of rotatable bonds is 5. The number of fused-ring (bicyclic) bond motifs is 5. The maximum atomic E-state index is 14.1. The zero-order chi connectivity index (χ0) is 33.8. The second-order valence-corrected chi connectivity index (χ2v) is 15.5. The van der Waals surface area contributed by atoms with Gasteiger partial charge in [-0.15, -0.1) is 0 Å². The van der Waals surface area contributed by atoms with Gasteiger partial charge in [-0.25, -0.2) is 4.79 Å². The molecule has 14 atom stereocenters. The summed E-state index contributed by atoms with van der Waals surface area (Å²) >= 11 is 0. The summed E-state index contributed by atoms with van der Waals surface area (Å²) < 4.78 is 17.2. The lowest BCUT2D eigenvalue weighted by Gasteiger charge is -2.63. The van der Waals surface area contributed by atoms with Gasteiger partial charge in [0.2, 0.25) is 0 Å². The Morgan fingerprint density at radius 1 is 0.978 bits per heavy atom. The third kappa shape index (κ3) is 4.44. The Morgan fingerprint density at radius 2 is 1.67 bits per heavy atom. The van der Waals surface area contributed by atoms with Gasteiger partial charge >= 0.3 is 5.97 Å². The van der Waals surface area contributed by atoms with Gasteiger partial charge in [-0.1, -0.05) is 24.1 Å². The average Bonchev–Trinajstić information content (AvgIpc) is 3.23. The van der Waals surface area contributed by atoms with Crippen LogP contribution < -0.4 is 0 Å². The zero-order valence-electron chi connectivity index (χ0n) is 27.3. The number of ether oxygens (including phenoxy) is 3.